The molecule has 0 fully saturated rings. The van der Waals surface area contributed by atoms with Gasteiger partial charge in [0.25, 0.3) is 0 Å². The predicted octanol–water partition coefficient (Wildman–Crippen LogP) is -3.73. The van der Waals surface area contributed by atoms with E-state index in [-0.39, 0.29) is 35.8 Å². The molecular weight excluding hydrogens is 310 g/mol. The van der Waals surface area contributed by atoms with Gasteiger partial charge in [-0.1, -0.05) is 0 Å². The second-order valence-electron chi connectivity index (χ2n) is 3.37. The van der Waals surface area contributed by atoms with Gasteiger partial charge in [0.05, 0.1) is 0 Å². The van der Waals surface area contributed by atoms with Gasteiger partial charge in [0.1, 0.15) is 0 Å². The maximum absolute atomic E-state index is 2.48. The molecule has 0 aromatic heterocycles. The molecule has 0 aliphatic heterocycles. The summed E-state index contributed by atoms with van der Waals surface area (Å²) in [6.45, 7) is 0. The summed E-state index contributed by atoms with van der Waals surface area (Å²) in [5, 5.41) is 0. The van der Waals surface area contributed by atoms with Gasteiger partial charge in [-0.3, -0.25) is 0 Å². The molecule has 1 rings (SSSR count). The van der Waals surface area contributed by atoms with Crippen LogP contribution in [-0.2, 0) is 21.8 Å². The summed E-state index contributed by atoms with van der Waals surface area (Å²) >= 11 is -1.00. The van der Waals surface area contributed by atoms with Crippen molar-refractivity contribution in [2.45, 2.75) is 34.9 Å². The van der Waals surface area contributed by atoms with Crippen molar-refractivity contribution >= 4 is 11.0 Å². The van der Waals surface area contributed by atoms with Crippen molar-refractivity contribution in [3.63, 3.8) is 0 Å². The van der Waals surface area contributed by atoms with Gasteiger partial charge in [0, 0.05) is 0 Å². The third-order valence-corrected chi connectivity index (χ3v) is 6.32. The van der Waals surface area contributed by atoms with Gasteiger partial charge < -0.3 is 24.8 Å². The first-order valence-electron chi connectivity index (χ1n) is 4.47. The van der Waals surface area contributed by atoms with Crippen LogP contribution >= 0.6 is 0 Å². The van der Waals surface area contributed by atoms with E-state index in [9.17, 15) is 0 Å². The Hall–Kier alpha value is 1.16. The van der Waals surface area contributed by atoms with Gasteiger partial charge in [-0.15, -0.1) is 0 Å². The van der Waals surface area contributed by atoms with Gasteiger partial charge >= 0.3 is 78.2 Å². The van der Waals surface area contributed by atoms with Crippen molar-refractivity contribution in [3.05, 3.63) is 21.5 Å². The Morgan fingerprint density at radius 2 is 1.79 bits per heavy atom. The summed E-state index contributed by atoms with van der Waals surface area (Å²) in [6.07, 6.45) is 12.5. The molecular formula is C10H21Cl2SiZr. The molecule has 0 saturated heterocycles. The molecule has 0 amide bonds. The maximum atomic E-state index is 2.48. The number of hydrogen-bond donors (Lipinski definition) is 0. The Labute approximate surface area is 113 Å². The van der Waals surface area contributed by atoms with Crippen molar-refractivity contribution in [1.82, 2.24) is 0 Å². The molecule has 0 heterocycles. The maximum Gasteiger partial charge on any atom is -0.0149 e. The van der Waals surface area contributed by atoms with Gasteiger partial charge in [-0.25, -0.2) is 0 Å². The third kappa shape index (κ3) is 8.47. The molecule has 0 unspecified atom stereocenters. The van der Waals surface area contributed by atoms with E-state index in [2.05, 4.69) is 27.5 Å². The van der Waals surface area contributed by atoms with Gasteiger partial charge in [0.15, 0.2) is 0 Å². The van der Waals surface area contributed by atoms with E-state index in [1.807, 2.05) is 3.28 Å². The molecule has 0 N–H and O–H groups in total. The van der Waals surface area contributed by atoms with Crippen molar-refractivity contribution < 1.29 is 46.6 Å². The van der Waals surface area contributed by atoms with Crippen LogP contribution in [0.1, 0.15) is 25.7 Å². The Balaban J connectivity index is -0.000000403. The summed E-state index contributed by atoms with van der Waals surface area (Å²) in [6, 6.07) is 0. The van der Waals surface area contributed by atoms with Crippen molar-refractivity contribution in [2.24, 2.45) is 0 Å². The Bertz CT molecular complexity index is 179. The van der Waals surface area contributed by atoms with Crippen LogP contribution in [0.5, 0.6) is 0 Å². The van der Waals surface area contributed by atoms with E-state index in [4.69, 9.17) is 0 Å². The molecule has 4 heteroatoms. The molecule has 0 spiro atoms. The molecule has 0 aromatic rings. The molecule has 1 aliphatic carbocycles. The minimum absolute atomic E-state index is 0. The minimum Gasteiger partial charge on any atom is -1.00 e. The van der Waals surface area contributed by atoms with E-state index in [1.54, 1.807) is 0 Å². The number of hydrogen-bond acceptors (Lipinski definition) is 0. The molecule has 0 radical (unpaired) electrons. The second-order valence-corrected chi connectivity index (χ2v) is 9.86. The monoisotopic (exact) mass is 329 g/mol. The largest absolute Gasteiger partial charge is 1.00 e. The molecule has 83 valence electrons. The Morgan fingerprint density at radius 1 is 1.14 bits per heavy atom. The first-order valence-corrected chi connectivity index (χ1v) is 10.6. The average Bonchev–Trinajstić information content (AvgIpc) is 1.84. The normalized spacial score (nSPS) is 20.6. The van der Waals surface area contributed by atoms with Crippen LogP contribution in [0.15, 0.2) is 21.5 Å². The summed E-state index contributed by atoms with van der Waals surface area (Å²) in [5.41, 5.74) is 0. The predicted molar refractivity (Wildman–Crippen MR) is 58.8 cm³/mol. The van der Waals surface area contributed by atoms with Crippen LogP contribution in [0.2, 0.25) is 9.26 Å². The van der Waals surface area contributed by atoms with Crippen LogP contribution in [0.25, 0.3) is 0 Å². The first kappa shape index (κ1) is 20.6. The average molecular weight is 331 g/mol. The van der Waals surface area contributed by atoms with Crippen LogP contribution < -0.4 is 24.8 Å². The second kappa shape index (κ2) is 12.2. The SMILES string of the molecule is [CH3][Zr+2]([CH3])/[C]1=C/C=C\CCCC1.[Cl-].[Cl-].[SiH4]. The first-order chi connectivity index (χ1) is 5.30. The number of halogens is 2. The van der Waals surface area contributed by atoms with Crippen LogP contribution in [0, 0.1) is 0 Å². The van der Waals surface area contributed by atoms with Crippen molar-refractivity contribution in [3.8, 4) is 0 Å². The smallest absolute Gasteiger partial charge is 0.0149 e. The fraction of sp³-hybridized carbons (Fsp3) is 0.600. The van der Waals surface area contributed by atoms with Gasteiger partial charge in [-0.2, -0.15) is 0 Å². The zero-order valence-corrected chi connectivity index (χ0v) is 12.3. The number of allylic oxidation sites excluding steroid dienone is 4. The fourth-order valence-corrected chi connectivity index (χ4v) is 4.08. The molecule has 0 atom stereocenters. The zero-order valence-electron chi connectivity index (χ0n) is 8.32. The molecule has 1 aliphatic rings. The van der Waals surface area contributed by atoms with E-state index in [0.717, 1.165) is 0 Å². The zero-order chi connectivity index (χ0) is 8.10. The van der Waals surface area contributed by atoms with E-state index in [1.165, 1.54) is 25.7 Å². The van der Waals surface area contributed by atoms with E-state index in [0.29, 0.717) is 0 Å². The Morgan fingerprint density at radius 3 is 2.36 bits per heavy atom. The molecule has 14 heavy (non-hydrogen) atoms. The van der Waals surface area contributed by atoms with E-state index >= 15 is 0 Å². The van der Waals surface area contributed by atoms with E-state index < -0.39 is 21.8 Å². The quantitative estimate of drug-likeness (QED) is 0.434. The van der Waals surface area contributed by atoms with Gasteiger partial charge in [-0.05, 0) is 11.0 Å². The molecule has 0 nitrogen and oxygen atoms in total. The third-order valence-electron chi connectivity index (χ3n) is 2.14. The van der Waals surface area contributed by atoms with Gasteiger partial charge in [0.2, 0.25) is 0 Å². The van der Waals surface area contributed by atoms with Crippen LogP contribution in [0.3, 0.4) is 0 Å². The molecule has 0 bridgehead atoms. The fourth-order valence-electron chi connectivity index (χ4n) is 1.36. The topological polar surface area (TPSA) is 0 Å². The molecule has 0 saturated carbocycles. The Kier molecular flexibility index (Phi) is 18.0. The molecule has 0 aromatic carbocycles. The van der Waals surface area contributed by atoms with Crippen LogP contribution in [0.4, 0.5) is 0 Å². The number of rotatable bonds is 1. The summed E-state index contributed by atoms with van der Waals surface area (Å²) in [5.74, 6) is 0. The van der Waals surface area contributed by atoms with Crippen LogP contribution in [-0.4, -0.2) is 11.0 Å². The van der Waals surface area contributed by atoms with Crippen molar-refractivity contribution in [1.29, 1.82) is 0 Å². The van der Waals surface area contributed by atoms with Crippen molar-refractivity contribution in [2.75, 3.05) is 0 Å². The summed E-state index contributed by atoms with van der Waals surface area (Å²) < 4.78 is 6.76. The summed E-state index contributed by atoms with van der Waals surface area (Å²) in [7, 11) is 0. The summed E-state index contributed by atoms with van der Waals surface area (Å²) in [4.78, 5) is 0. The standard InChI is InChI=1S/C8H11.2CH3.2ClH.H4Si.Zr/c1-2-4-6-8-7-5-3-1;;;;;;/h1-3H,4,6-8H2;2*1H3;2*1H;1H4;/q;;;;;;+2/p-2/b2-1-,5-3?;;;;;;. The minimum atomic E-state index is -1.00.